The minimum absolute atomic E-state index is 0.0985. The first kappa shape index (κ1) is 12.8. The zero-order valence-electron chi connectivity index (χ0n) is 11.3. The summed E-state index contributed by atoms with van der Waals surface area (Å²) in [5, 5.41) is 5.51. The summed E-state index contributed by atoms with van der Waals surface area (Å²) in [5.74, 6) is 0.443. The smallest absolute Gasteiger partial charge is 0.271 e. The molecule has 1 N–H and O–H groups in total. The van der Waals surface area contributed by atoms with Crippen molar-refractivity contribution in [1.29, 1.82) is 0 Å². The van der Waals surface area contributed by atoms with Crippen LogP contribution in [0.3, 0.4) is 0 Å². The minimum Gasteiger partial charge on any atom is -0.314 e. The summed E-state index contributed by atoms with van der Waals surface area (Å²) in [6, 6.07) is 0.722. The van der Waals surface area contributed by atoms with E-state index in [-0.39, 0.29) is 5.56 Å². The summed E-state index contributed by atoms with van der Waals surface area (Å²) in [6.45, 7) is 5.88. The third-order valence-electron chi connectivity index (χ3n) is 3.56. The highest BCUT2D eigenvalue weighted by molar-refractivity contribution is 7.17. The van der Waals surface area contributed by atoms with Gasteiger partial charge in [-0.3, -0.25) is 9.36 Å². The lowest BCUT2D eigenvalue weighted by atomic mass is 10.2. The van der Waals surface area contributed by atoms with E-state index in [1.165, 1.54) is 24.2 Å². The largest absolute Gasteiger partial charge is 0.314 e. The van der Waals surface area contributed by atoms with Crippen molar-refractivity contribution in [3.63, 3.8) is 0 Å². The van der Waals surface area contributed by atoms with Crippen LogP contribution < -0.4 is 10.9 Å². The highest BCUT2D eigenvalue weighted by Crippen LogP contribution is 2.20. The molecular formula is C14H19N3OS. The molecule has 0 bridgehead atoms. The molecule has 2 aromatic rings. The second-order valence-electron chi connectivity index (χ2n) is 5.59. The van der Waals surface area contributed by atoms with Crippen molar-refractivity contribution in [2.24, 2.45) is 5.92 Å². The Bertz CT molecular complexity index is 642. The van der Waals surface area contributed by atoms with E-state index >= 15 is 0 Å². The molecule has 0 aliphatic heterocycles. The first-order valence-electron chi connectivity index (χ1n) is 6.82. The van der Waals surface area contributed by atoms with E-state index in [0.29, 0.717) is 5.92 Å². The predicted molar refractivity (Wildman–Crippen MR) is 78.8 cm³/mol. The molecule has 2 heterocycles. The quantitative estimate of drug-likeness (QED) is 0.911. The lowest BCUT2D eigenvalue weighted by Gasteiger charge is -2.13. The van der Waals surface area contributed by atoms with Crippen molar-refractivity contribution in [1.82, 2.24) is 14.9 Å². The van der Waals surface area contributed by atoms with Crippen LogP contribution in [-0.4, -0.2) is 22.1 Å². The average Bonchev–Trinajstić information content (AvgIpc) is 3.14. The van der Waals surface area contributed by atoms with Gasteiger partial charge in [-0.1, -0.05) is 6.92 Å². The molecule has 1 aliphatic carbocycles. The van der Waals surface area contributed by atoms with Gasteiger partial charge in [0.2, 0.25) is 0 Å². The monoisotopic (exact) mass is 277 g/mol. The molecule has 4 nitrogen and oxygen atoms in total. The van der Waals surface area contributed by atoms with Gasteiger partial charge < -0.3 is 5.32 Å². The molecule has 1 aliphatic rings. The number of aryl methyl sites for hydroxylation is 1. The Morgan fingerprint density at radius 1 is 1.58 bits per heavy atom. The van der Waals surface area contributed by atoms with Gasteiger partial charge in [-0.15, -0.1) is 11.3 Å². The second-order valence-corrected chi connectivity index (χ2v) is 6.47. The summed E-state index contributed by atoms with van der Waals surface area (Å²) < 4.78 is 2.53. The number of fused-ring (bicyclic) bond motifs is 1. The fourth-order valence-electron chi connectivity index (χ4n) is 2.25. The van der Waals surface area contributed by atoms with Crippen LogP contribution in [0.15, 0.2) is 16.5 Å². The first-order valence-corrected chi connectivity index (χ1v) is 7.69. The van der Waals surface area contributed by atoms with Crippen molar-refractivity contribution >= 4 is 21.6 Å². The molecule has 102 valence electrons. The van der Waals surface area contributed by atoms with E-state index in [4.69, 9.17) is 0 Å². The van der Waals surface area contributed by atoms with E-state index in [2.05, 4.69) is 17.2 Å². The zero-order chi connectivity index (χ0) is 13.4. The van der Waals surface area contributed by atoms with Gasteiger partial charge >= 0.3 is 0 Å². The topological polar surface area (TPSA) is 46.9 Å². The van der Waals surface area contributed by atoms with E-state index in [1.807, 2.05) is 12.3 Å². The van der Waals surface area contributed by atoms with Crippen molar-refractivity contribution in [2.75, 3.05) is 6.54 Å². The highest BCUT2D eigenvalue weighted by atomic mass is 32.1. The summed E-state index contributed by atoms with van der Waals surface area (Å²) in [7, 11) is 0. The van der Waals surface area contributed by atoms with Crippen LogP contribution in [-0.2, 0) is 6.54 Å². The van der Waals surface area contributed by atoms with Crippen LogP contribution in [0.4, 0.5) is 0 Å². The predicted octanol–water partition coefficient (Wildman–Crippen LogP) is 2.15. The number of nitrogens with one attached hydrogen (secondary N) is 1. The van der Waals surface area contributed by atoms with Gasteiger partial charge in [0, 0.05) is 12.6 Å². The first-order chi connectivity index (χ1) is 9.15. The lowest BCUT2D eigenvalue weighted by molar-refractivity contribution is 0.436. The maximum absolute atomic E-state index is 12.3. The van der Waals surface area contributed by atoms with Crippen molar-refractivity contribution < 1.29 is 0 Å². The van der Waals surface area contributed by atoms with E-state index in [1.54, 1.807) is 10.9 Å². The van der Waals surface area contributed by atoms with E-state index in [0.717, 1.165) is 34.9 Å². The molecule has 1 saturated carbocycles. The zero-order valence-corrected chi connectivity index (χ0v) is 12.2. The molecule has 1 fully saturated rings. The maximum Gasteiger partial charge on any atom is 0.271 e. The van der Waals surface area contributed by atoms with E-state index in [9.17, 15) is 4.79 Å². The SMILES string of the molecule is Cc1csc2c(=O)n(CC(C)CNC3CC3)cnc12. The van der Waals surface area contributed by atoms with Gasteiger partial charge in [0.25, 0.3) is 5.56 Å². The summed E-state index contributed by atoms with van der Waals surface area (Å²) in [4.78, 5) is 16.8. The second kappa shape index (κ2) is 5.06. The maximum atomic E-state index is 12.3. The Kier molecular flexibility index (Phi) is 3.41. The van der Waals surface area contributed by atoms with Gasteiger partial charge in [0.05, 0.1) is 11.8 Å². The van der Waals surface area contributed by atoms with Crippen LogP contribution in [0.1, 0.15) is 25.3 Å². The van der Waals surface area contributed by atoms with Crippen molar-refractivity contribution in [2.45, 2.75) is 39.3 Å². The van der Waals surface area contributed by atoms with Crippen LogP contribution in [0.5, 0.6) is 0 Å². The van der Waals surface area contributed by atoms with Crippen molar-refractivity contribution in [3.05, 3.63) is 27.6 Å². The van der Waals surface area contributed by atoms with Gasteiger partial charge in [-0.05, 0) is 43.2 Å². The normalized spacial score (nSPS) is 16.9. The summed E-state index contributed by atoms with van der Waals surface area (Å²) in [5.41, 5.74) is 2.05. The van der Waals surface area contributed by atoms with Crippen LogP contribution in [0.2, 0.25) is 0 Å². The Morgan fingerprint density at radius 3 is 3.11 bits per heavy atom. The molecule has 0 amide bonds. The lowest BCUT2D eigenvalue weighted by Crippen LogP contribution is -2.29. The Balaban J connectivity index is 1.76. The Morgan fingerprint density at radius 2 is 2.37 bits per heavy atom. The third kappa shape index (κ3) is 2.72. The molecule has 1 atom stereocenters. The van der Waals surface area contributed by atoms with Crippen LogP contribution >= 0.6 is 11.3 Å². The molecule has 2 aromatic heterocycles. The highest BCUT2D eigenvalue weighted by Gasteiger charge is 2.21. The van der Waals surface area contributed by atoms with Crippen LogP contribution in [0.25, 0.3) is 10.2 Å². The van der Waals surface area contributed by atoms with Crippen LogP contribution in [0, 0.1) is 12.8 Å². The summed E-state index contributed by atoms with van der Waals surface area (Å²) in [6.07, 6.45) is 4.29. The number of nitrogens with zero attached hydrogens (tertiary/aromatic N) is 2. The van der Waals surface area contributed by atoms with Gasteiger partial charge in [0.15, 0.2) is 0 Å². The molecule has 19 heavy (non-hydrogen) atoms. The standard InChI is InChI=1S/C14H19N3OS/c1-9(5-15-11-3-4-11)6-17-8-16-12-10(2)7-19-13(12)14(17)18/h7-9,11,15H,3-6H2,1-2H3. The number of rotatable bonds is 5. The van der Waals surface area contributed by atoms with Crippen molar-refractivity contribution in [3.8, 4) is 0 Å². The third-order valence-corrected chi connectivity index (χ3v) is 4.64. The summed E-state index contributed by atoms with van der Waals surface area (Å²) >= 11 is 1.50. The van der Waals surface area contributed by atoms with E-state index < -0.39 is 0 Å². The molecule has 3 rings (SSSR count). The molecule has 0 aromatic carbocycles. The molecule has 0 radical (unpaired) electrons. The van der Waals surface area contributed by atoms with Gasteiger partial charge in [0.1, 0.15) is 4.70 Å². The minimum atomic E-state index is 0.0985. The molecule has 1 unspecified atom stereocenters. The fourth-order valence-corrected chi connectivity index (χ4v) is 3.20. The average molecular weight is 277 g/mol. The fraction of sp³-hybridized carbons (Fsp3) is 0.571. The molecule has 0 saturated heterocycles. The Hall–Kier alpha value is -1.20. The molecule has 5 heteroatoms. The number of hydrogen-bond donors (Lipinski definition) is 1. The number of aromatic nitrogens is 2. The van der Waals surface area contributed by atoms with Gasteiger partial charge in [-0.25, -0.2) is 4.98 Å². The van der Waals surface area contributed by atoms with Gasteiger partial charge in [-0.2, -0.15) is 0 Å². The molecule has 0 spiro atoms. The molecular weight excluding hydrogens is 258 g/mol. The number of thiophene rings is 1. The Labute approximate surface area is 116 Å². The number of hydrogen-bond acceptors (Lipinski definition) is 4.